The number of halogens is 2. The van der Waals surface area contributed by atoms with Gasteiger partial charge in [0.2, 0.25) is 0 Å². The standard InChI is InChI=1S/C14H14Cl2N2O2/c1-3-13-17-12(8-18(13)9-14(19)20)10(2)4-5-11(16)6-7-15/h3-8H,1,9H2,2H3,(H,19,20)/b7-6+,10-4+,11-5+. The molecular weight excluding hydrogens is 299 g/mol. The van der Waals surface area contributed by atoms with Gasteiger partial charge in [-0.2, -0.15) is 0 Å². The Hall–Kier alpha value is -1.78. The first-order valence-electron chi connectivity index (χ1n) is 5.70. The Balaban J connectivity index is 3.04. The minimum absolute atomic E-state index is 0.160. The Morgan fingerprint density at radius 3 is 2.80 bits per heavy atom. The summed E-state index contributed by atoms with van der Waals surface area (Å²) in [5.41, 5.74) is 2.83. The van der Waals surface area contributed by atoms with E-state index in [-0.39, 0.29) is 6.54 Å². The highest BCUT2D eigenvalue weighted by Crippen LogP contribution is 2.16. The average Bonchev–Trinajstić information content (AvgIpc) is 2.78. The van der Waals surface area contributed by atoms with Crippen molar-refractivity contribution in [3.63, 3.8) is 0 Å². The molecule has 20 heavy (non-hydrogen) atoms. The zero-order valence-corrected chi connectivity index (χ0v) is 12.4. The Labute approximate surface area is 127 Å². The SMILES string of the molecule is C=Cc1nc(/C(C)=C/C=C(Cl)\C=C\Cl)cn1CC(=O)O. The molecule has 0 fully saturated rings. The summed E-state index contributed by atoms with van der Waals surface area (Å²) in [5, 5.41) is 9.31. The summed E-state index contributed by atoms with van der Waals surface area (Å²) in [6.07, 6.45) is 8.18. The van der Waals surface area contributed by atoms with Gasteiger partial charge in [-0.05, 0) is 30.7 Å². The maximum Gasteiger partial charge on any atom is 0.323 e. The van der Waals surface area contributed by atoms with Gasteiger partial charge in [0.15, 0.2) is 0 Å². The normalized spacial score (nSPS) is 12.9. The van der Waals surface area contributed by atoms with E-state index in [2.05, 4.69) is 11.6 Å². The summed E-state index contributed by atoms with van der Waals surface area (Å²) in [6, 6.07) is 0. The maximum atomic E-state index is 10.8. The highest BCUT2D eigenvalue weighted by atomic mass is 35.5. The molecule has 0 saturated heterocycles. The molecule has 0 saturated carbocycles. The van der Waals surface area contributed by atoms with Gasteiger partial charge in [-0.25, -0.2) is 4.98 Å². The van der Waals surface area contributed by atoms with Crippen LogP contribution in [0.1, 0.15) is 18.4 Å². The fourth-order valence-corrected chi connectivity index (χ4v) is 1.79. The monoisotopic (exact) mass is 312 g/mol. The number of hydrogen-bond donors (Lipinski definition) is 1. The Kier molecular flexibility index (Phi) is 6.28. The molecule has 6 heteroatoms. The number of nitrogens with zero attached hydrogens (tertiary/aromatic N) is 2. The predicted octanol–water partition coefficient (Wildman–Crippen LogP) is 3.89. The Morgan fingerprint density at radius 1 is 1.55 bits per heavy atom. The van der Waals surface area contributed by atoms with Crippen LogP contribution in [0.15, 0.2) is 41.6 Å². The Bertz CT molecular complexity index is 598. The van der Waals surface area contributed by atoms with Gasteiger partial charge in [0.25, 0.3) is 0 Å². The molecule has 0 bridgehead atoms. The van der Waals surface area contributed by atoms with Crippen molar-refractivity contribution in [2.45, 2.75) is 13.5 Å². The average molecular weight is 313 g/mol. The van der Waals surface area contributed by atoms with Crippen LogP contribution in [-0.4, -0.2) is 20.6 Å². The lowest BCUT2D eigenvalue weighted by atomic mass is 10.2. The van der Waals surface area contributed by atoms with Crippen LogP contribution >= 0.6 is 23.2 Å². The fourth-order valence-electron chi connectivity index (χ4n) is 1.46. The molecule has 1 aromatic heterocycles. The van der Waals surface area contributed by atoms with Crippen molar-refractivity contribution in [2.24, 2.45) is 0 Å². The van der Waals surface area contributed by atoms with E-state index in [1.807, 2.05) is 6.92 Å². The van der Waals surface area contributed by atoms with E-state index in [0.29, 0.717) is 16.6 Å². The lowest BCUT2D eigenvalue weighted by Gasteiger charge is -1.98. The molecule has 0 amide bonds. The number of carbonyl (C=O) groups is 1. The predicted molar refractivity (Wildman–Crippen MR) is 82.5 cm³/mol. The summed E-state index contributed by atoms with van der Waals surface area (Å²) in [4.78, 5) is 15.1. The van der Waals surface area contributed by atoms with Gasteiger partial charge >= 0.3 is 5.97 Å². The number of rotatable bonds is 6. The largest absolute Gasteiger partial charge is 0.480 e. The summed E-state index contributed by atoms with van der Waals surface area (Å²) < 4.78 is 1.52. The quantitative estimate of drug-likeness (QED) is 0.811. The number of aliphatic carboxylic acids is 1. The number of aromatic nitrogens is 2. The molecule has 0 radical (unpaired) electrons. The molecule has 1 heterocycles. The molecule has 1 aromatic rings. The van der Waals surface area contributed by atoms with E-state index in [4.69, 9.17) is 28.3 Å². The number of carboxylic acids is 1. The molecule has 4 nitrogen and oxygen atoms in total. The van der Waals surface area contributed by atoms with Gasteiger partial charge in [-0.1, -0.05) is 35.9 Å². The summed E-state index contributed by atoms with van der Waals surface area (Å²) in [5.74, 6) is -0.431. The van der Waals surface area contributed by atoms with Crippen molar-refractivity contribution in [3.8, 4) is 0 Å². The molecule has 1 rings (SSSR count). The van der Waals surface area contributed by atoms with Crippen LogP contribution in [0.3, 0.4) is 0 Å². The third-order valence-electron chi connectivity index (χ3n) is 2.41. The van der Waals surface area contributed by atoms with Crippen molar-refractivity contribution >= 4 is 40.8 Å². The second kappa shape index (κ2) is 7.72. The van der Waals surface area contributed by atoms with Crippen LogP contribution in [0.25, 0.3) is 11.6 Å². The number of hydrogen-bond acceptors (Lipinski definition) is 2. The second-order valence-corrected chi connectivity index (χ2v) is 4.59. The van der Waals surface area contributed by atoms with Gasteiger partial charge < -0.3 is 9.67 Å². The van der Waals surface area contributed by atoms with Crippen molar-refractivity contribution in [2.75, 3.05) is 0 Å². The third-order valence-corrected chi connectivity index (χ3v) is 2.79. The number of carboxylic acid groups (broad SMARTS) is 1. The first-order chi connectivity index (χ1) is 9.47. The molecule has 0 aromatic carbocycles. The van der Waals surface area contributed by atoms with E-state index in [0.717, 1.165) is 5.57 Å². The van der Waals surface area contributed by atoms with Gasteiger partial charge in [0, 0.05) is 16.8 Å². The van der Waals surface area contributed by atoms with Crippen LogP contribution in [0.4, 0.5) is 0 Å². The van der Waals surface area contributed by atoms with E-state index >= 15 is 0 Å². The minimum atomic E-state index is -0.936. The van der Waals surface area contributed by atoms with E-state index in [9.17, 15) is 4.79 Å². The van der Waals surface area contributed by atoms with Crippen LogP contribution < -0.4 is 0 Å². The maximum absolute atomic E-state index is 10.8. The molecule has 0 aliphatic rings. The van der Waals surface area contributed by atoms with Crippen molar-refractivity contribution in [1.29, 1.82) is 0 Å². The van der Waals surface area contributed by atoms with E-state index in [1.54, 1.807) is 24.4 Å². The first-order valence-corrected chi connectivity index (χ1v) is 6.52. The molecule has 0 unspecified atom stereocenters. The molecule has 1 N–H and O–H groups in total. The molecule has 0 spiro atoms. The topological polar surface area (TPSA) is 55.1 Å². The highest BCUT2D eigenvalue weighted by Gasteiger charge is 2.09. The summed E-state index contributed by atoms with van der Waals surface area (Å²) in [6.45, 7) is 5.31. The molecule has 0 atom stereocenters. The van der Waals surface area contributed by atoms with Crippen molar-refractivity contribution in [3.05, 3.63) is 53.1 Å². The van der Waals surface area contributed by atoms with Crippen LogP contribution in [0.5, 0.6) is 0 Å². The lowest BCUT2D eigenvalue weighted by Crippen LogP contribution is -2.09. The smallest absolute Gasteiger partial charge is 0.323 e. The summed E-state index contributed by atoms with van der Waals surface area (Å²) in [7, 11) is 0. The zero-order valence-electron chi connectivity index (χ0n) is 10.9. The van der Waals surface area contributed by atoms with E-state index in [1.165, 1.54) is 16.2 Å². The zero-order chi connectivity index (χ0) is 15.1. The molecule has 106 valence electrons. The Morgan fingerprint density at radius 2 is 2.25 bits per heavy atom. The van der Waals surface area contributed by atoms with Crippen LogP contribution in [0.2, 0.25) is 0 Å². The molecule has 0 aliphatic heterocycles. The van der Waals surface area contributed by atoms with Gasteiger partial charge in [0.05, 0.1) is 5.69 Å². The highest BCUT2D eigenvalue weighted by molar-refractivity contribution is 6.33. The van der Waals surface area contributed by atoms with Crippen molar-refractivity contribution < 1.29 is 9.90 Å². The second-order valence-electron chi connectivity index (χ2n) is 3.90. The minimum Gasteiger partial charge on any atom is -0.480 e. The van der Waals surface area contributed by atoms with E-state index < -0.39 is 5.97 Å². The van der Waals surface area contributed by atoms with Crippen LogP contribution in [-0.2, 0) is 11.3 Å². The van der Waals surface area contributed by atoms with Crippen LogP contribution in [0, 0.1) is 0 Å². The fraction of sp³-hybridized carbons (Fsp3) is 0.143. The first kappa shape index (κ1) is 16.3. The third kappa shape index (κ3) is 4.72. The van der Waals surface area contributed by atoms with Gasteiger partial charge in [0.1, 0.15) is 12.4 Å². The molecular formula is C14H14Cl2N2O2. The lowest BCUT2D eigenvalue weighted by molar-refractivity contribution is -0.137. The van der Waals surface area contributed by atoms with Crippen molar-refractivity contribution in [1.82, 2.24) is 9.55 Å². The molecule has 0 aliphatic carbocycles. The number of imidazole rings is 1. The van der Waals surface area contributed by atoms with Gasteiger partial charge in [-0.3, -0.25) is 4.79 Å². The number of allylic oxidation sites excluding steroid dienone is 5. The van der Waals surface area contributed by atoms with Gasteiger partial charge in [-0.15, -0.1) is 0 Å². The summed E-state index contributed by atoms with van der Waals surface area (Å²) >= 11 is 11.3.